The van der Waals surface area contributed by atoms with Gasteiger partial charge in [0.15, 0.2) is 11.6 Å². The molecule has 2 saturated heterocycles. The van der Waals surface area contributed by atoms with Crippen LogP contribution in [0, 0.1) is 23.4 Å². The molecule has 5 rings (SSSR count). The molecule has 0 bridgehead atoms. The van der Waals surface area contributed by atoms with Gasteiger partial charge in [-0.1, -0.05) is 37.1 Å². The minimum atomic E-state index is -1.09. The largest absolute Gasteiger partial charge is 0.325 e. The molecule has 35 heavy (non-hydrogen) atoms. The van der Waals surface area contributed by atoms with E-state index in [1.165, 1.54) is 23.1 Å². The first kappa shape index (κ1) is 23.9. The molecule has 2 aromatic carbocycles. The number of hydrogen-bond acceptors (Lipinski definition) is 3. The van der Waals surface area contributed by atoms with E-state index in [1.807, 2.05) is 0 Å². The van der Waals surface area contributed by atoms with E-state index < -0.39 is 17.2 Å². The Morgan fingerprint density at radius 2 is 1.60 bits per heavy atom. The number of nitrogens with one attached hydrogen (secondary N) is 1. The van der Waals surface area contributed by atoms with Gasteiger partial charge in [0.05, 0.1) is 0 Å². The molecule has 0 radical (unpaired) electrons. The first-order valence-electron chi connectivity index (χ1n) is 12.4. The highest BCUT2D eigenvalue weighted by Crippen LogP contribution is 2.39. The molecule has 1 N–H and O–H groups in total. The Morgan fingerprint density at radius 3 is 2.29 bits per heavy atom. The minimum absolute atomic E-state index is 0.0753. The van der Waals surface area contributed by atoms with E-state index in [2.05, 4.69) is 10.2 Å². The monoisotopic (exact) mass is 485 g/mol. The third-order valence-electron chi connectivity index (χ3n) is 7.95. The number of benzene rings is 2. The summed E-state index contributed by atoms with van der Waals surface area (Å²) in [5.74, 6) is -2.35. The van der Waals surface area contributed by atoms with Crippen molar-refractivity contribution >= 4 is 11.9 Å². The van der Waals surface area contributed by atoms with Crippen molar-refractivity contribution in [1.82, 2.24) is 15.1 Å². The van der Waals surface area contributed by atoms with Crippen LogP contribution in [0.4, 0.5) is 18.0 Å². The van der Waals surface area contributed by atoms with Crippen LogP contribution in [0.25, 0.3) is 0 Å². The molecule has 1 saturated carbocycles. The van der Waals surface area contributed by atoms with Gasteiger partial charge in [0.2, 0.25) is 0 Å². The van der Waals surface area contributed by atoms with Crippen molar-refractivity contribution in [3.8, 4) is 0 Å². The normalized spacial score (nSPS) is 24.4. The molecule has 1 atom stereocenters. The molecule has 2 aliphatic heterocycles. The van der Waals surface area contributed by atoms with E-state index >= 15 is 0 Å². The first-order valence-corrected chi connectivity index (χ1v) is 12.4. The number of rotatable bonds is 6. The van der Waals surface area contributed by atoms with Crippen molar-refractivity contribution in [2.75, 3.05) is 13.1 Å². The zero-order valence-electron chi connectivity index (χ0n) is 19.6. The van der Waals surface area contributed by atoms with Crippen molar-refractivity contribution in [3.05, 3.63) is 71.0 Å². The summed E-state index contributed by atoms with van der Waals surface area (Å²) in [4.78, 5) is 30.5. The summed E-state index contributed by atoms with van der Waals surface area (Å²) < 4.78 is 41.3. The van der Waals surface area contributed by atoms with Crippen LogP contribution in [0.3, 0.4) is 0 Å². The summed E-state index contributed by atoms with van der Waals surface area (Å²) in [6.07, 6.45) is 5.20. The number of hydrogen-bond donors (Lipinski definition) is 1. The Labute approximate surface area is 203 Å². The summed E-state index contributed by atoms with van der Waals surface area (Å²) in [6, 6.07) is 9.84. The number of halogens is 3. The van der Waals surface area contributed by atoms with E-state index in [9.17, 15) is 22.8 Å². The molecular formula is C27H30F3N3O2. The standard InChI is InChI=1S/C27H30F3N3O2/c28-21-10-8-18(9-11-21)16-27(25(34)33(26(35)31-27)22-5-1-2-6-22)20-12-14-32(15-13-20)17-19-4-3-7-23(29)24(19)30/h3-4,7-11,20,22H,1-2,5-6,12-17H2,(H,31,35). The Morgan fingerprint density at radius 1 is 0.914 bits per heavy atom. The lowest BCUT2D eigenvalue weighted by molar-refractivity contribution is -0.135. The fourth-order valence-corrected chi connectivity index (χ4v) is 6.07. The van der Waals surface area contributed by atoms with Crippen molar-refractivity contribution in [2.45, 2.75) is 63.1 Å². The summed E-state index contributed by atoms with van der Waals surface area (Å²) in [6.45, 7) is 1.48. The maximum absolute atomic E-state index is 14.2. The maximum atomic E-state index is 14.2. The van der Waals surface area contributed by atoms with Crippen LogP contribution in [0.1, 0.15) is 49.7 Å². The zero-order valence-corrected chi connectivity index (χ0v) is 19.6. The van der Waals surface area contributed by atoms with E-state index in [1.54, 1.807) is 18.2 Å². The molecule has 1 aliphatic carbocycles. The number of carbonyl (C=O) groups is 2. The zero-order chi connectivity index (χ0) is 24.6. The van der Waals surface area contributed by atoms with Crippen molar-refractivity contribution in [3.63, 3.8) is 0 Å². The SMILES string of the molecule is O=C1NC(Cc2ccc(F)cc2)(C2CCN(Cc3cccc(F)c3F)CC2)C(=O)N1C1CCCC1. The molecular weight excluding hydrogens is 455 g/mol. The molecule has 3 aliphatic rings. The van der Waals surface area contributed by atoms with Gasteiger partial charge in [0, 0.05) is 24.6 Å². The fraction of sp³-hybridized carbons (Fsp3) is 0.481. The highest BCUT2D eigenvalue weighted by atomic mass is 19.2. The molecule has 0 aromatic heterocycles. The average Bonchev–Trinajstić information content (AvgIpc) is 3.45. The lowest BCUT2D eigenvalue weighted by Crippen LogP contribution is -2.57. The van der Waals surface area contributed by atoms with Gasteiger partial charge in [0.1, 0.15) is 11.4 Å². The van der Waals surface area contributed by atoms with Crippen molar-refractivity contribution in [1.29, 1.82) is 0 Å². The van der Waals surface area contributed by atoms with Crippen LogP contribution in [0.15, 0.2) is 42.5 Å². The number of likely N-dealkylation sites (tertiary alicyclic amines) is 1. The van der Waals surface area contributed by atoms with Crippen molar-refractivity contribution in [2.24, 2.45) is 5.92 Å². The quantitative estimate of drug-likeness (QED) is 0.599. The molecule has 2 aromatic rings. The number of imide groups is 1. The first-order chi connectivity index (χ1) is 16.9. The summed E-state index contributed by atoms with van der Waals surface area (Å²) in [7, 11) is 0. The summed E-state index contributed by atoms with van der Waals surface area (Å²) in [5, 5.41) is 3.07. The maximum Gasteiger partial charge on any atom is 0.325 e. The number of piperidine rings is 1. The lowest BCUT2D eigenvalue weighted by atomic mass is 9.73. The Bertz CT molecular complexity index is 1100. The molecule has 3 amide bonds. The van der Waals surface area contributed by atoms with Gasteiger partial charge in [-0.25, -0.2) is 18.0 Å². The van der Waals surface area contributed by atoms with Gasteiger partial charge in [-0.15, -0.1) is 0 Å². The van der Waals surface area contributed by atoms with Gasteiger partial charge in [-0.05, 0) is 68.5 Å². The van der Waals surface area contributed by atoms with Crippen LogP contribution >= 0.6 is 0 Å². The molecule has 0 spiro atoms. The van der Waals surface area contributed by atoms with Gasteiger partial charge in [-0.3, -0.25) is 14.6 Å². The third kappa shape index (κ3) is 4.56. The van der Waals surface area contributed by atoms with Gasteiger partial charge >= 0.3 is 6.03 Å². The predicted molar refractivity (Wildman–Crippen MR) is 125 cm³/mol. The van der Waals surface area contributed by atoms with Crippen LogP contribution in [-0.2, 0) is 17.8 Å². The number of amides is 3. The highest BCUT2D eigenvalue weighted by molar-refractivity contribution is 6.07. The van der Waals surface area contributed by atoms with Gasteiger partial charge < -0.3 is 5.32 Å². The van der Waals surface area contributed by atoms with E-state index in [0.29, 0.717) is 37.9 Å². The van der Waals surface area contributed by atoms with Crippen LogP contribution in [-0.4, -0.2) is 46.4 Å². The fourth-order valence-electron chi connectivity index (χ4n) is 6.07. The second-order valence-corrected chi connectivity index (χ2v) is 10.1. The molecule has 3 fully saturated rings. The molecule has 186 valence electrons. The van der Waals surface area contributed by atoms with Crippen LogP contribution in [0.2, 0.25) is 0 Å². The number of carbonyl (C=O) groups excluding carboxylic acids is 2. The Balaban J connectivity index is 1.37. The highest BCUT2D eigenvalue weighted by Gasteiger charge is 2.57. The summed E-state index contributed by atoms with van der Waals surface area (Å²) in [5.41, 5.74) is 0.00737. The molecule has 1 unspecified atom stereocenters. The number of urea groups is 1. The Kier molecular flexibility index (Phi) is 6.57. The smallest absolute Gasteiger partial charge is 0.322 e. The minimum Gasteiger partial charge on any atom is -0.322 e. The number of nitrogens with zero attached hydrogens (tertiary/aromatic N) is 2. The molecule has 2 heterocycles. The van der Waals surface area contributed by atoms with Gasteiger partial charge in [-0.2, -0.15) is 0 Å². The van der Waals surface area contributed by atoms with Crippen LogP contribution < -0.4 is 5.32 Å². The molecule has 5 nitrogen and oxygen atoms in total. The predicted octanol–water partition coefficient (Wildman–Crippen LogP) is 4.79. The average molecular weight is 486 g/mol. The summed E-state index contributed by atoms with van der Waals surface area (Å²) >= 11 is 0. The second-order valence-electron chi connectivity index (χ2n) is 10.1. The Hall–Kier alpha value is -2.87. The van der Waals surface area contributed by atoms with E-state index in [0.717, 1.165) is 37.3 Å². The van der Waals surface area contributed by atoms with E-state index in [4.69, 9.17) is 0 Å². The molecule has 8 heteroatoms. The van der Waals surface area contributed by atoms with Gasteiger partial charge in [0.25, 0.3) is 5.91 Å². The lowest BCUT2D eigenvalue weighted by Gasteiger charge is -2.41. The second kappa shape index (κ2) is 9.64. The third-order valence-corrected chi connectivity index (χ3v) is 7.95. The topological polar surface area (TPSA) is 52.7 Å². The van der Waals surface area contributed by atoms with Crippen molar-refractivity contribution < 1.29 is 22.8 Å². The van der Waals surface area contributed by atoms with E-state index in [-0.39, 0.29) is 36.3 Å². The van der Waals surface area contributed by atoms with Crippen LogP contribution in [0.5, 0.6) is 0 Å².